The summed E-state index contributed by atoms with van der Waals surface area (Å²) < 4.78 is 6.55. The van der Waals surface area contributed by atoms with Crippen molar-refractivity contribution in [3.05, 3.63) is 79.7 Å². The van der Waals surface area contributed by atoms with Crippen molar-refractivity contribution in [3.63, 3.8) is 0 Å². The number of thiophene rings is 1. The number of aromatic nitrogens is 2. The third-order valence-corrected chi connectivity index (χ3v) is 7.10. The van der Waals surface area contributed by atoms with Crippen LogP contribution in [0, 0.1) is 20.8 Å². The summed E-state index contributed by atoms with van der Waals surface area (Å²) >= 11 is 7.24. The SMILES string of the molecule is COc1ccc(C)cc1NC(=O)c1sc2ncn(CC(=O)Nc3ccc(C)c(Cl)c3)c(=O)c2c1C. The minimum absolute atomic E-state index is 0.232. The molecule has 4 rings (SSSR count). The van der Waals surface area contributed by atoms with Crippen molar-refractivity contribution in [1.82, 2.24) is 9.55 Å². The van der Waals surface area contributed by atoms with E-state index in [1.807, 2.05) is 26.0 Å². The molecule has 180 valence electrons. The monoisotopic (exact) mass is 510 g/mol. The predicted molar refractivity (Wildman–Crippen MR) is 139 cm³/mol. The van der Waals surface area contributed by atoms with Gasteiger partial charge >= 0.3 is 0 Å². The summed E-state index contributed by atoms with van der Waals surface area (Å²) in [5.74, 6) is -0.232. The number of hydrogen-bond acceptors (Lipinski definition) is 6. The zero-order valence-corrected chi connectivity index (χ0v) is 21.1. The number of aryl methyl sites for hydroxylation is 3. The first-order chi connectivity index (χ1) is 16.7. The van der Waals surface area contributed by atoms with E-state index in [2.05, 4.69) is 15.6 Å². The molecule has 0 unspecified atom stereocenters. The van der Waals surface area contributed by atoms with Crippen molar-refractivity contribution in [2.75, 3.05) is 17.7 Å². The minimum atomic E-state index is -0.398. The summed E-state index contributed by atoms with van der Waals surface area (Å²) in [5, 5.41) is 6.43. The summed E-state index contributed by atoms with van der Waals surface area (Å²) in [6, 6.07) is 10.7. The summed E-state index contributed by atoms with van der Waals surface area (Å²) in [5.41, 5.74) is 3.03. The molecular formula is C25H23ClN4O4S. The first kappa shape index (κ1) is 24.4. The number of halogens is 1. The highest BCUT2D eigenvalue weighted by Crippen LogP contribution is 2.30. The van der Waals surface area contributed by atoms with Crippen molar-refractivity contribution in [3.8, 4) is 5.75 Å². The van der Waals surface area contributed by atoms with Gasteiger partial charge in [-0.1, -0.05) is 23.7 Å². The fourth-order valence-corrected chi connectivity index (χ4v) is 4.83. The molecular weight excluding hydrogens is 488 g/mol. The van der Waals surface area contributed by atoms with Gasteiger partial charge < -0.3 is 15.4 Å². The van der Waals surface area contributed by atoms with Gasteiger partial charge in [0, 0.05) is 10.7 Å². The molecule has 35 heavy (non-hydrogen) atoms. The van der Waals surface area contributed by atoms with Gasteiger partial charge in [-0.3, -0.25) is 19.0 Å². The van der Waals surface area contributed by atoms with E-state index in [-0.39, 0.29) is 12.5 Å². The van der Waals surface area contributed by atoms with Gasteiger partial charge in [-0.2, -0.15) is 0 Å². The molecule has 0 radical (unpaired) electrons. The Balaban J connectivity index is 1.59. The maximum Gasteiger partial charge on any atom is 0.266 e. The van der Waals surface area contributed by atoms with Crippen LogP contribution in [0.5, 0.6) is 5.75 Å². The van der Waals surface area contributed by atoms with Crippen molar-refractivity contribution in [2.45, 2.75) is 27.3 Å². The zero-order valence-electron chi connectivity index (χ0n) is 19.6. The number of fused-ring (bicyclic) bond motifs is 1. The van der Waals surface area contributed by atoms with E-state index in [0.717, 1.165) is 22.5 Å². The summed E-state index contributed by atoms with van der Waals surface area (Å²) in [6.45, 7) is 5.24. The number of ether oxygens (including phenoxy) is 1. The highest BCUT2D eigenvalue weighted by molar-refractivity contribution is 7.20. The lowest BCUT2D eigenvalue weighted by molar-refractivity contribution is -0.116. The zero-order chi connectivity index (χ0) is 25.3. The fourth-order valence-electron chi connectivity index (χ4n) is 3.61. The van der Waals surface area contributed by atoms with E-state index in [1.165, 1.54) is 18.0 Å². The molecule has 2 aromatic carbocycles. The highest BCUT2D eigenvalue weighted by Gasteiger charge is 2.21. The molecule has 0 aliphatic rings. The van der Waals surface area contributed by atoms with Gasteiger partial charge in [-0.05, 0) is 61.7 Å². The lowest BCUT2D eigenvalue weighted by Gasteiger charge is -2.10. The molecule has 2 heterocycles. The van der Waals surface area contributed by atoms with E-state index >= 15 is 0 Å². The largest absolute Gasteiger partial charge is 0.495 e. The van der Waals surface area contributed by atoms with Crippen molar-refractivity contribution in [2.24, 2.45) is 0 Å². The van der Waals surface area contributed by atoms with E-state index in [1.54, 1.807) is 31.2 Å². The Hall–Kier alpha value is -3.69. The number of carbonyl (C=O) groups is 2. The summed E-state index contributed by atoms with van der Waals surface area (Å²) in [6.07, 6.45) is 1.31. The number of anilines is 2. The lowest BCUT2D eigenvalue weighted by Crippen LogP contribution is -2.28. The quantitative estimate of drug-likeness (QED) is 0.382. The van der Waals surface area contributed by atoms with Crippen LogP contribution in [0.25, 0.3) is 10.2 Å². The van der Waals surface area contributed by atoms with Crippen LogP contribution in [0.4, 0.5) is 11.4 Å². The second-order valence-corrected chi connectivity index (χ2v) is 9.49. The molecule has 0 atom stereocenters. The van der Waals surface area contributed by atoms with Gasteiger partial charge in [0.15, 0.2) is 0 Å². The van der Waals surface area contributed by atoms with E-state index in [0.29, 0.717) is 42.8 Å². The molecule has 0 aliphatic carbocycles. The molecule has 0 saturated heterocycles. The van der Waals surface area contributed by atoms with Gasteiger partial charge in [0.1, 0.15) is 17.1 Å². The van der Waals surface area contributed by atoms with Crippen LogP contribution in [0.3, 0.4) is 0 Å². The normalized spacial score (nSPS) is 10.9. The third-order valence-electron chi connectivity index (χ3n) is 5.50. The number of nitrogens with one attached hydrogen (secondary N) is 2. The fraction of sp³-hybridized carbons (Fsp3) is 0.200. The van der Waals surface area contributed by atoms with Gasteiger partial charge in [-0.25, -0.2) is 4.98 Å². The Labute approximate surface area is 210 Å². The Morgan fingerprint density at radius 1 is 1.11 bits per heavy atom. The molecule has 2 N–H and O–H groups in total. The van der Waals surface area contributed by atoms with Crippen LogP contribution < -0.4 is 20.9 Å². The van der Waals surface area contributed by atoms with Crippen molar-refractivity contribution < 1.29 is 14.3 Å². The standard InChI is InChI=1S/C25H23ClN4O4S/c1-13-5-8-19(34-4)18(9-13)29-23(32)22-15(3)21-24(35-22)27-12-30(25(21)33)11-20(31)28-16-7-6-14(2)17(26)10-16/h5-10,12H,11H2,1-4H3,(H,28,31)(H,29,32). The third kappa shape index (κ3) is 5.06. The lowest BCUT2D eigenvalue weighted by atomic mass is 10.2. The van der Waals surface area contributed by atoms with Gasteiger partial charge in [0.2, 0.25) is 5.91 Å². The Morgan fingerprint density at radius 2 is 1.89 bits per heavy atom. The first-order valence-electron chi connectivity index (χ1n) is 10.7. The highest BCUT2D eigenvalue weighted by atomic mass is 35.5. The molecule has 10 heteroatoms. The van der Waals surface area contributed by atoms with Crippen LogP contribution in [-0.2, 0) is 11.3 Å². The topological polar surface area (TPSA) is 102 Å². The van der Waals surface area contributed by atoms with Crippen LogP contribution in [0.15, 0.2) is 47.5 Å². The smallest absolute Gasteiger partial charge is 0.266 e. The van der Waals surface area contributed by atoms with Crippen LogP contribution in [0.1, 0.15) is 26.4 Å². The Morgan fingerprint density at radius 3 is 2.60 bits per heavy atom. The van der Waals surface area contributed by atoms with Gasteiger partial charge in [-0.15, -0.1) is 11.3 Å². The van der Waals surface area contributed by atoms with Gasteiger partial charge in [0.05, 0.1) is 29.4 Å². The maximum atomic E-state index is 13.2. The number of benzene rings is 2. The number of methoxy groups -OCH3 is 1. The number of nitrogens with zero attached hydrogens (tertiary/aromatic N) is 2. The minimum Gasteiger partial charge on any atom is -0.495 e. The molecule has 0 aliphatic heterocycles. The molecule has 8 nitrogen and oxygen atoms in total. The van der Waals surface area contributed by atoms with E-state index in [4.69, 9.17) is 16.3 Å². The average Bonchev–Trinajstić information content (AvgIpc) is 3.15. The van der Waals surface area contributed by atoms with E-state index < -0.39 is 11.5 Å². The average molecular weight is 511 g/mol. The van der Waals surface area contributed by atoms with Crippen LogP contribution >= 0.6 is 22.9 Å². The molecule has 0 bridgehead atoms. The van der Waals surface area contributed by atoms with Crippen LogP contribution in [0.2, 0.25) is 5.02 Å². The van der Waals surface area contributed by atoms with Gasteiger partial charge in [0.25, 0.3) is 11.5 Å². The molecule has 2 amide bonds. The Bertz CT molecular complexity index is 1530. The van der Waals surface area contributed by atoms with Crippen molar-refractivity contribution >= 4 is 56.3 Å². The summed E-state index contributed by atoms with van der Waals surface area (Å²) in [4.78, 5) is 43.9. The number of amides is 2. The molecule has 4 aromatic rings. The van der Waals surface area contributed by atoms with Crippen molar-refractivity contribution in [1.29, 1.82) is 0 Å². The Kier molecular flexibility index (Phi) is 6.90. The number of hydrogen-bond donors (Lipinski definition) is 2. The molecule has 0 fully saturated rings. The first-order valence-corrected chi connectivity index (χ1v) is 11.9. The number of rotatable bonds is 6. The van der Waals surface area contributed by atoms with Crippen LogP contribution in [-0.4, -0.2) is 28.5 Å². The summed E-state index contributed by atoms with van der Waals surface area (Å²) in [7, 11) is 1.53. The molecule has 2 aromatic heterocycles. The second kappa shape index (κ2) is 9.89. The predicted octanol–water partition coefficient (Wildman–Crippen LogP) is 4.94. The van der Waals surface area contributed by atoms with E-state index in [9.17, 15) is 14.4 Å². The maximum absolute atomic E-state index is 13.2. The molecule has 0 spiro atoms. The second-order valence-electron chi connectivity index (χ2n) is 8.08. The molecule has 0 saturated carbocycles. The number of carbonyl (C=O) groups excluding carboxylic acids is 2.